The number of hydrogen-bond acceptors (Lipinski definition) is 4. The van der Waals surface area contributed by atoms with Crippen LogP contribution in [0.2, 0.25) is 0 Å². The van der Waals surface area contributed by atoms with Crippen LogP contribution in [-0.2, 0) is 0 Å². The predicted octanol–water partition coefficient (Wildman–Crippen LogP) is 4.15. The molecule has 0 unspecified atom stereocenters. The molecule has 0 saturated carbocycles. The van der Waals surface area contributed by atoms with Crippen LogP contribution >= 0.6 is 0 Å². The van der Waals surface area contributed by atoms with E-state index < -0.39 is 0 Å². The number of carbonyl (C=O) groups excluding carboxylic acids is 1. The van der Waals surface area contributed by atoms with Gasteiger partial charge in [-0.05, 0) is 52.0 Å². The van der Waals surface area contributed by atoms with Gasteiger partial charge in [-0.3, -0.25) is 14.7 Å². The molecule has 0 spiro atoms. The Morgan fingerprint density at radius 2 is 1.82 bits per heavy atom. The summed E-state index contributed by atoms with van der Waals surface area (Å²) in [5.41, 5.74) is 3.10. The van der Waals surface area contributed by atoms with Crippen molar-refractivity contribution < 1.29 is 4.79 Å². The van der Waals surface area contributed by atoms with Gasteiger partial charge in [0.2, 0.25) is 0 Å². The van der Waals surface area contributed by atoms with Gasteiger partial charge >= 0.3 is 0 Å². The van der Waals surface area contributed by atoms with Gasteiger partial charge in [0.15, 0.2) is 0 Å². The van der Waals surface area contributed by atoms with Crippen LogP contribution in [0.25, 0.3) is 22.2 Å². The first-order valence-corrected chi connectivity index (χ1v) is 9.81. The zero-order valence-electron chi connectivity index (χ0n) is 17.0. The van der Waals surface area contributed by atoms with E-state index in [9.17, 15) is 4.79 Å². The van der Waals surface area contributed by atoms with Gasteiger partial charge in [0.25, 0.3) is 5.91 Å². The fourth-order valence-electron chi connectivity index (χ4n) is 3.53. The van der Waals surface area contributed by atoms with E-state index in [0.29, 0.717) is 24.2 Å². The van der Waals surface area contributed by atoms with Crippen molar-refractivity contribution in [3.05, 3.63) is 60.4 Å². The maximum absolute atomic E-state index is 13.0. The van der Waals surface area contributed by atoms with Crippen molar-refractivity contribution in [3.8, 4) is 11.3 Å². The molecule has 3 rings (SSSR count). The molecule has 1 N–H and O–H groups in total. The van der Waals surface area contributed by atoms with Gasteiger partial charge < -0.3 is 5.32 Å². The van der Waals surface area contributed by atoms with E-state index >= 15 is 0 Å². The third-order valence-electron chi connectivity index (χ3n) is 4.90. The maximum atomic E-state index is 13.0. The minimum atomic E-state index is -0.0730. The van der Waals surface area contributed by atoms with E-state index in [4.69, 9.17) is 4.98 Å². The molecule has 0 atom stereocenters. The molecule has 1 amide bonds. The Balaban J connectivity index is 1.86. The van der Waals surface area contributed by atoms with E-state index in [1.165, 1.54) is 0 Å². The Kier molecular flexibility index (Phi) is 6.37. The number of rotatable bonds is 7. The highest BCUT2D eigenvalue weighted by Crippen LogP contribution is 2.24. The number of para-hydroxylation sites is 1. The molecule has 0 aliphatic heterocycles. The number of hydrogen-bond donors (Lipinski definition) is 1. The lowest BCUT2D eigenvalue weighted by Crippen LogP contribution is -2.42. The molecule has 3 aromatic rings. The summed E-state index contributed by atoms with van der Waals surface area (Å²) in [6.45, 7) is 10.1. The first-order chi connectivity index (χ1) is 13.5. The molecule has 0 aliphatic rings. The van der Waals surface area contributed by atoms with E-state index in [-0.39, 0.29) is 5.91 Å². The second-order valence-electron chi connectivity index (χ2n) is 7.50. The van der Waals surface area contributed by atoms with Crippen molar-refractivity contribution in [1.29, 1.82) is 0 Å². The molecule has 5 heteroatoms. The van der Waals surface area contributed by atoms with Gasteiger partial charge in [-0.25, -0.2) is 4.98 Å². The number of carbonyl (C=O) groups is 1. The topological polar surface area (TPSA) is 58.1 Å². The van der Waals surface area contributed by atoms with Crippen LogP contribution in [-0.4, -0.2) is 45.9 Å². The van der Waals surface area contributed by atoms with Crippen LogP contribution in [0, 0.1) is 0 Å². The number of benzene rings is 1. The van der Waals surface area contributed by atoms with Crippen molar-refractivity contribution in [1.82, 2.24) is 20.2 Å². The molecular weight excluding hydrogens is 348 g/mol. The zero-order chi connectivity index (χ0) is 20.1. The van der Waals surface area contributed by atoms with Gasteiger partial charge in [-0.2, -0.15) is 0 Å². The lowest BCUT2D eigenvalue weighted by molar-refractivity contribution is 0.0941. The Labute approximate surface area is 166 Å². The molecule has 1 aromatic carbocycles. The average Bonchev–Trinajstić information content (AvgIpc) is 2.70. The average molecular weight is 377 g/mol. The Hall–Kier alpha value is -2.79. The van der Waals surface area contributed by atoms with Crippen LogP contribution in [0.4, 0.5) is 0 Å². The Morgan fingerprint density at radius 1 is 1.07 bits per heavy atom. The standard InChI is InChI=1S/C23H28N4O/c1-16(2)27(17(3)4)13-12-25-23(28)20-14-22(18-8-7-11-24-15-18)26-21-10-6-5-9-19(20)21/h5-11,14-17H,12-13H2,1-4H3,(H,25,28). The summed E-state index contributed by atoms with van der Waals surface area (Å²) in [6, 6.07) is 14.3. The number of nitrogens with one attached hydrogen (secondary N) is 1. The molecule has 0 bridgehead atoms. The number of fused-ring (bicyclic) bond motifs is 1. The smallest absolute Gasteiger partial charge is 0.252 e. The summed E-state index contributed by atoms with van der Waals surface area (Å²) < 4.78 is 0. The monoisotopic (exact) mass is 376 g/mol. The van der Waals surface area contributed by atoms with E-state index in [1.807, 2.05) is 42.5 Å². The molecule has 5 nitrogen and oxygen atoms in total. The highest BCUT2D eigenvalue weighted by Gasteiger charge is 2.16. The molecule has 0 fully saturated rings. The predicted molar refractivity (Wildman–Crippen MR) is 114 cm³/mol. The summed E-state index contributed by atoms with van der Waals surface area (Å²) in [4.78, 5) is 24.2. The van der Waals surface area contributed by atoms with Gasteiger partial charge in [0, 0.05) is 48.5 Å². The van der Waals surface area contributed by atoms with Crippen molar-refractivity contribution in [2.45, 2.75) is 39.8 Å². The van der Waals surface area contributed by atoms with Crippen molar-refractivity contribution in [2.75, 3.05) is 13.1 Å². The quantitative estimate of drug-likeness (QED) is 0.673. The number of aromatic nitrogens is 2. The molecule has 2 aromatic heterocycles. The lowest BCUT2D eigenvalue weighted by atomic mass is 10.0. The summed E-state index contributed by atoms with van der Waals surface area (Å²) in [5, 5.41) is 3.94. The number of nitrogens with zero attached hydrogens (tertiary/aromatic N) is 3. The molecule has 0 radical (unpaired) electrons. The largest absolute Gasteiger partial charge is 0.351 e. The fraction of sp³-hybridized carbons (Fsp3) is 0.348. The van der Waals surface area contributed by atoms with Crippen LogP contribution in [0.3, 0.4) is 0 Å². The normalized spacial score (nSPS) is 11.5. The zero-order valence-corrected chi connectivity index (χ0v) is 17.0. The van der Waals surface area contributed by atoms with Gasteiger partial charge in [-0.15, -0.1) is 0 Å². The number of amides is 1. The molecular formula is C23H28N4O. The minimum absolute atomic E-state index is 0.0730. The Morgan fingerprint density at radius 3 is 2.50 bits per heavy atom. The van der Waals surface area contributed by atoms with Crippen molar-refractivity contribution in [2.24, 2.45) is 0 Å². The molecule has 146 valence electrons. The lowest BCUT2D eigenvalue weighted by Gasteiger charge is -2.30. The summed E-state index contributed by atoms with van der Waals surface area (Å²) in [7, 11) is 0. The highest BCUT2D eigenvalue weighted by atomic mass is 16.1. The third kappa shape index (κ3) is 4.54. The minimum Gasteiger partial charge on any atom is -0.351 e. The summed E-state index contributed by atoms with van der Waals surface area (Å²) >= 11 is 0. The van der Waals surface area contributed by atoms with E-state index in [2.05, 4.69) is 42.9 Å². The van der Waals surface area contributed by atoms with Crippen LogP contribution in [0.5, 0.6) is 0 Å². The van der Waals surface area contributed by atoms with E-state index in [1.54, 1.807) is 12.4 Å². The first kappa shape index (κ1) is 20.0. The number of pyridine rings is 2. The molecule has 0 saturated heterocycles. The SMILES string of the molecule is CC(C)N(CCNC(=O)c1cc(-c2cccnc2)nc2ccccc12)C(C)C. The molecule has 2 heterocycles. The molecule has 28 heavy (non-hydrogen) atoms. The van der Waals surface area contributed by atoms with Gasteiger partial charge in [0.1, 0.15) is 0 Å². The van der Waals surface area contributed by atoms with Crippen LogP contribution in [0.1, 0.15) is 38.1 Å². The summed E-state index contributed by atoms with van der Waals surface area (Å²) in [6.07, 6.45) is 3.50. The second-order valence-corrected chi connectivity index (χ2v) is 7.50. The van der Waals surface area contributed by atoms with Crippen LogP contribution in [0.15, 0.2) is 54.9 Å². The van der Waals surface area contributed by atoms with Crippen molar-refractivity contribution in [3.63, 3.8) is 0 Å². The second kappa shape index (κ2) is 8.93. The van der Waals surface area contributed by atoms with E-state index in [0.717, 1.165) is 28.7 Å². The van der Waals surface area contributed by atoms with Crippen LogP contribution < -0.4 is 5.32 Å². The summed E-state index contributed by atoms with van der Waals surface area (Å²) in [5.74, 6) is -0.0730. The van der Waals surface area contributed by atoms with Gasteiger partial charge in [-0.1, -0.05) is 18.2 Å². The van der Waals surface area contributed by atoms with Gasteiger partial charge in [0.05, 0.1) is 16.8 Å². The third-order valence-corrected chi connectivity index (χ3v) is 4.90. The highest BCUT2D eigenvalue weighted by molar-refractivity contribution is 6.07. The molecule has 0 aliphatic carbocycles. The van der Waals surface area contributed by atoms with Crippen molar-refractivity contribution >= 4 is 16.8 Å². The fourth-order valence-corrected chi connectivity index (χ4v) is 3.53. The maximum Gasteiger partial charge on any atom is 0.252 e. The Bertz CT molecular complexity index is 930. The first-order valence-electron chi connectivity index (χ1n) is 9.81.